The van der Waals surface area contributed by atoms with E-state index in [1.54, 1.807) is 48.5 Å². The molecule has 0 atom stereocenters. The minimum Gasteiger partial charge on any atom is -0.483 e. The Hall–Kier alpha value is -4.44. The van der Waals surface area contributed by atoms with Gasteiger partial charge in [0.1, 0.15) is 17.0 Å². The number of para-hydroxylation sites is 2. The van der Waals surface area contributed by atoms with E-state index in [4.69, 9.17) is 14.2 Å². The van der Waals surface area contributed by atoms with Gasteiger partial charge in [-0.3, -0.25) is 4.79 Å². The van der Waals surface area contributed by atoms with Crippen LogP contribution in [0.15, 0.2) is 77.3 Å². The Morgan fingerprint density at radius 1 is 0.921 bits per heavy atom. The first-order valence-electron chi connectivity index (χ1n) is 11.5. The van der Waals surface area contributed by atoms with E-state index >= 15 is 0 Å². The fourth-order valence-corrected chi connectivity index (χ4v) is 4.16. The lowest BCUT2D eigenvalue weighted by atomic mass is 10.0. The summed E-state index contributed by atoms with van der Waals surface area (Å²) in [7, 11) is 2.42. The van der Waals surface area contributed by atoms with Gasteiger partial charge in [-0.05, 0) is 48.9 Å². The topological polar surface area (TPSA) is 109 Å². The van der Waals surface area contributed by atoms with E-state index in [0.29, 0.717) is 21.4 Å². The lowest BCUT2D eigenvalue weighted by Gasteiger charge is -2.13. The van der Waals surface area contributed by atoms with Crippen LogP contribution < -0.4 is 10.1 Å². The lowest BCUT2D eigenvalue weighted by Crippen LogP contribution is -2.21. The molecule has 1 amide bonds. The summed E-state index contributed by atoms with van der Waals surface area (Å²) in [4.78, 5) is 38.5. The van der Waals surface area contributed by atoms with Gasteiger partial charge in [0.2, 0.25) is 0 Å². The maximum Gasteiger partial charge on any atom is 0.357 e. The number of hydrogen-bond donors (Lipinski definition) is 1. The van der Waals surface area contributed by atoms with Crippen LogP contribution in [0.3, 0.4) is 0 Å². The third-order valence-corrected chi connectivity index (χ3v) is 6.12. The number of amides is 1. The molecule has 0 aliphatic heterocycles. The van der Waals surface area contributed by atoms with Crippen LogP contribution in [0, 0.1) is 6.92 Å². The fraction of sp³-hybridized carbons (Fsp3) is 0.143. The number of ether oxygens (including phenoxy) is 3. The number of esters is 2. The Balaban J connectivity index is 1.79. The molecule has 0 bridgehead atoms. The first kappa shape index (κ1) is 26.6. The molecule has 194 valence electrons. The SMILES string of the molecule is COC(=O)c1c(-c2cc(Br)ccc2OCC(=O)Nc2ccccc2C)nn(-c2ccccc2)c1C(=O)OC. The van der Waals surface area contributed by atoms with Gasteiger partial charge >= 0.3 is 11.9 Å². The molecule has 1 aromatic heterocycles. The summed E-state index contributed by atoms with van der Waals surface area (Å²) in [6.45, 7) is 1.58. The molecule has 0 radical (unpaired) electrons. The molecule has 0 aliphatic carbocycles. The minimum absolute atomic E-state index is 0.101. The fourth-order valence-electron chi connectivity index (χ4n) is 3.80. The van der Waals surface area contributed by atoms with Crippen molar-refractivity contribution in [3.63, 3.8) is 0 Å². The van der Waals surface area contributed by atoms with Gasteiger partial charge in [-0.2, -0.15) is 5.10 Å². The summed E-state index contributed by atoms with van der Waals surface area (Å²) in [6.07, 6.45) is 0. The number of hydrogen-bond acceptors (Lipinski definition) is 7. The molecule has 0 unspecified atom stereocenters. The van der Waals surface area contributed by atoms with E-state index in [9.17, 15) is 14.4 Å². The minimum atomic E-state index is -0.786. The van der Waals surface area contributed by atoms with E-state index in [2.05, 4.69) is 26.3 Å². The highest BCUT2D eigenvalue weighted by Crippen LogP contribution is 2.37. The maximum atomic E-state index is 13.0. The van der Waals surface area contributed by atoms with Gasteiger partial charge in [-0.15, -0.1) is 0 Å². The summed E-state index contributed by atoms with van der Waals surface area (Å²) < 4.78 is 17.9. The van der Waals surface area contributed by atoms with Crippen molar-refractivity contribution in [2.45, 2.75) is 6.92 Å². The third-order valence-electron chi connectivity index (χ3n) is 5.63. The van der Waals surface area contributed by atoms with Crippen LogP contribution in [0.1, 0.15) is 26.4 Å². The zero-order valence-electron chi connectivity index (χ0n) is 20.9. The van der Waals surface area contributed by atoms with Crippen LogP contribution in [-0.4, -0.2) is 48.5 Å². The number of nitrogens with zero attached hydrogens (tertiary/aromatic N) is 2. The Morgan fingerprint density at radius 3 is 2.29 bits per heavy atom. The normalized spacial score (nSPS) is 10.5. The molecule has 0 fully saturated rings. The number of halogens is 1. The van der Waals surface area contributed by atoms with Gasteiger partial charge in [0.25, 0.3) is 5.91 Å². The zero-order valence-corrected chi connectivity index (χ0v) is 22.4. The zero-order chi connectivity index (χ0) is 27.2. The molecule has 38 heavy (non-hydrogen) atoms. The average molecular weight is 578 g/mol. The number of anilines is 1. The second kappa shape index (κ2) is 11.7. The van der Waals surface area contributed by atoms with Crippen molar-refractivity contribution in [2.75, 3.05) is 26.1 Å². The first-order valence-corrected chi connectivity index (χ1v) is 12.3. The predicted molar refractivity (Wildman–Crippen MR) is 145 cm³/mol. The largest absolute Gasteiger partial charge is 0.483 e. The second-order valence-corrected chi connectivity index (χ2v) is 9.01. The molecule has 10 heteroatoms. The molecule has 4 rings (SSSR count). The quantitative estimate of drug-likeness (QED) is 0.286. The summed E-state index contributed by atoms with van der Waals surface area (Å²) in [5.41, 5.74) is 2.39. The van der Waals surface area contributed by atoms with Gasteiger partial charge in [-0.25, -0.2) is 14.3 Å². The van der Waals surface area contributed by atoms with Gasteiger partial charge < -0.3 is 19.5 Å². The molecule has 1 heterocycles. The number of benzene rings is 3. The van der Waals surface area contributed by atoms with Crippen LogP contribution in [0.2, 0.25) is 0 Å². The number of carbonyl (C=O) groups excluding carboxylic acids is 3. The number of carbonyl (C=O) groups is 3. The Morgan fingerprint density at radius 2 is 1.61 bits per heavy atom. The molecule has 0 aliphatic rings. The van der Waals surface area contributed by atoms with Crippen molar-refractivity contribution in [1.29, 1.82) is 0 Å². The molecule has 1 N–H and O–H groups in total. The van der Waals surface area contributed by atoms with Crippen molar-refractivity contribution in [1.82, 2.24) is 9.78 Å². The molecule has 9 nitrogen and oxygen atoms in total. The van der Waals surface area contributed by atoms with Gasteiger partial charge in [0.15, 0.2) is 12.3 Å². The van der Waals surface area contributed by atoms with E-state index in [1.165, 1.54) is 18.9 Å². The molecule has 4 aromatic rings. The number of rotatable bonds is 8. The molecule has 0 saturated carbocycles. The second-order valence-electron chi connectivity index (χ2n) is 8.09. The van der Waals surface area contributed by atoms with Gasteiger partial charge in [0, 0.05) is 15.7 Å². The predicted octanol–water partition coefficient (Wildman–Crippen LogP) is 5.20. The summed E-state index contributed by atoms with van der Waals surface area (Å²) >= 11 is 3.44. The monoisotopic (exact) mass is 577 g/mol. The number of methoxy groups -OCH3 is 2. The van der Waals surface area contributed by atoms with Crippen LogP contribution in [0.25, 0.3) is 16.9 Å². The van der Waals surface area contributed by atoms with Gasteiger partial charge in [-0.1, -0.05) is 52.3 Å². The van der Waals surface area contributed by atoms with Crippen molar-refractivity contribution in [3.8, 4) is 22.7 Å². The first-order chi connectivity index (χ1) is 18.3. The Kier molecular flexibility index (Phi) is 8.22. The number of nitrogens with one attached hydrogen (secondary N) is 1. The third kappa shape index (κ3) is 5.60. The van der Waals surface area contributed by atoms with Crippen molar-refractivity contribution >= 4 is 39.5 Å². The molecule has 0 spiro atoms. The van der Waals surface area contributed by atoms with E-state index in [-0.39, 0.29) is 35.2 Å². The number of aryl methyl sites for hydroxylation is 1. The van der Waals surface area contributed by atoms with Gasteiger partial charge in [0.05, 0.1) is 19.9 Å². The van der Waals surface area contributed by atoms with Crippen molar-refractivity contribution < 1.29 is 28.6 Å². The van der Waals surface area contributed by atoms with E-state index in [0.717, 1.165) is 5.56 Å². The highest BCUT2D eigenvalue weighted by molar-refractivity contribution is 9.10. The van der Waals surface area contributed by atoms with Crippen LogP contribution in [0.4, 0.5) is 5.69 Å². The molecular formula is C28H24BrN3O6. The van der Waals surface area contributed by atoms with E-state index < -0.39 is 11.9 Å². The smallest absolute Gasteiger partial charge is 0.357 e. The maximum absolute atomic E-state index is 13.0. The van der Waals surface area contributed by atoms with Crippen LogP contribution in [0.5, 0.6) is 5.75 Å². The summed E-state index contributed by atoms with van der Waals surface area (Å²) in [5, 5.41) is 7.43. The van der Waals surface area contributed by atoms with Crippen LogP contribution in [-0.2, 0) is 14.3 Å². The molecular weight excluding hydrogens is 554 g/mol. The Labute approximate surface area is 227 Å². The summed E-state index contributed by atoms with van der Waals surface area (Å²) in [6, 6.07) is 21.3. The standard InChI is InChI=1S/C28H24BrN3O6/c1-17-9-7-8-12-21(17)30-23(33)16-38-22-14-13-18(29)15-20(22)25-24(27(34)36-2)26(28(35)37-3)32(31-25)19-10-5-4-6-11-19/h4-15H,16H2,1-3H3,(H,30,33). The van der Waals surface area contributed by atoms with E-state index in [1.807, 2.05) is 31.2 Å². The van der Waals surface area contributed by atoms with Crippen molar-refractivity contribution in [2.24, 2.45) is 0 Å². The average Bonchev–Trinajstić information content (AvgIpc) is 3.34. The van der Waals surface area contributed by atoms with Crippen LogP contribution >= 0.6 is 15.9 Å². The lowest BCUT2D eigenvalue weighted by molar-refractivity contribution is -0.118. The highest BCUT2D eigenvalue weighted by Gasteiger charge is 2.32. The highest BCUT2D eigenvalue weighted by atomic mass is 79.9. The summed E-state index contributed by atoms with van der Waals surface area (Å²) in [5.74, 6) is -1.66. The Bertz CT molecular complexity index is 1500. The van der Waals surface area contributed by atoms with Crippen molar-refractivity contribution in [3.05, 3.63) is 94.1 Å². The number of aromatic nitrogens is 2. The molecule has 0 saturated heterocycles. The molecule has 3 aromatic carbocycles.